The van der Waals surface area contributed by atoms with Crippen LogP contribution in [0.3, 0.4) is 0 Å². The first-order chi connectivity index (χ1) is 4.83. The molecule has 0 aromatic rings. The molecule has 0 atom stereocenters. The summed E-state index contributed by atoms with van der Waals surface area (Å²) in [6.07, 6.45) is 0. The Morgan fingerprint density at radius 2 is 1.36 bits per heavy atom. The number of hydrogen-bond donors (Lipinski definition) is 0. The quantitative estimate of drug-likeness (QED) is 0.485. The minimum atomic E-state index is -4.45. The summed E-state index contributed by atoms with van der Waals surface area (Å²) in [5, 5.41) is 1.95. The molecule has 7 heteroatoms. The summed E-state index contributed by atoms with van der Waals surface area (Å²) >= 11 is 0. The molecule has 0 rings (SSSR count). The molecule has 0 aliphatic rings. The summed E-state index contributed by atoms with van der Waals surface area (Å²) < 4.78 is 31.7. The van der Waals surface area contributed by atoms with Crippen LogP contribution in [0.4, 0.5) is 4.20 Å². The van der Waals surface area contributed by atoms with Crippen LogP contribution in [-0.2, 0) is 13.8 Å². The Morgan fingerprint density at radius 3 is 1.55 bits per heavy atom. The summed E-state index contributed by atoms with van der Waals surface area (Å²) in [5.41, 5.74) is 0. The second-order valence-electron chi connectivity index (χ2n) is 2.22. The van der Waals surface area contributed by atoms with E-state index in [2.05, 4.69) is 9.25 Å². The van der Waals surface area contributed by atoms with Gasteiger partial charge in [-0.3, -0.25) is 0 Å². The molecule has 0 bridgehead atoms. The van der Waals surface area contributed by atoms with Gasteiger partial charge in [-0.2, -0.15) is 19.4 Å². The zero-order valence-corrected chi connectivity index (χ0v) is 7.84. The number of hydroxylamine groups is 4. The Bertz CT molecular complexity index is 149. The molecule has 0 radical (unpaired) electrons. The third kappa shape index (κ3) is 6.40. The average molecular weight is 186 g/mol. The molecule has 68 valence electrons. The van der Waals surface area contributed by atoms with Gasteiger partial charge in [0.2, 0.25) is 0 Å². The van der Waals surface area contributed by atoms with Crippen LogP contribution in [0.1, 0.15) is 0 Å². The molecular weight excluding hydrogens is 174 g/mol. The van der Waals surface area contributed by atoms with Crippen molar-refractivity contribution < 1.29 is 18.0 Å². The van der Waals surface area contributed by atoms with Gasteiger partial charge in [0.15, 0.2) is 0 Å². The molecule has 0 aromatic heterocycles. The predicted octanol–water partition coefficient (Wildman–Crippen LogP) is 1.05. The first kappa shape index (κ1) is 11.0. The topological polar surface area (TPSA) is 42.0 Å². The van der Waals surface area contributed by atoms with E-state index in [1.165, 1.54) is 28.2 Å². The van der Waals surface area contributed by atoms with Gasteiger partial charge in [-0.1, -0.05) is 0 Å². The van der Waals surface area contributed by atoms with E-state index < -0.39 is 7.91 Å². The molecule has 0 aromatic carbocycles. The molecule has 0 N–H and O–H groups in total. The number of nitrogens with zero attached hydrogens (tertiary/aromatic N) is 2. The van der Waals surface area contributed by atoms with Gasteiger partial charge >= 0.3 is 7.91 Å². The fourth-order valence-electron chi connectivity index (χ4n) is 0.405. The molecule has 0 saturated carbocycles. The van der Waals surface area contributed by atoms with E-state index in [1.807, 2.05) is 0 Å². The molecule has 5 nitrogen and oxygen atoms in total. The van der Waals surface area contributed by atoms with Crippen LogP contribution < -0.4 is 0 Å². The Labute approximate surface area is 65.2 Å². The van der Waals surface area contributed by atoms with Gasteiger partial charge in [0.05, 0.1) is 0 Å². The van der Waals surface area contributed by atoms with Crippen LogP contribution in [0.2, 0.25) is 0 Å². The Morgan fingerprint density at radius 1 is 1.09 bits per heavy atom. The lowest BCUT2D eigenvalue weighted by atomic mass is 11.2. The summed E-state index contributed by atoms with van der Waals surface area (Å²) in [7, 11) is 1.18. The fraction of sp³-hybridized carbons (Fsp3) is 1.00. The molecule has 0 spiro atoms. The van der Waals surface area contributed by atoms with E-state index in [1.54, 1.807) is 0 Å². The van der Waals surface area contributed by atoms with E-state index >= 15 is 0 Å². The zero-order chi connectivity index (χ0) is 9.07. The molecule has 0 amide bonds. The lowest BCUT2D eigenvalue weighted by Crippen LogP contribution is -2.15. The highest BCUT2D eigenvalue weighted by atomic mass is 31.2. The van der Waals surface area contributed by atoms with Crippen LogP contribution in [0.5, 0.6) is 0 Å². The van der Waals surface area contributed by atoms with E-state index in [-0.39, 0.29) is 0 Å². The Hall–Kier alpha value is -0.0000000000000000416. The second-order valence-corrected chi connectivity index (χ2v) is 3.41. The fourth-order valence-corrected chi connectivity index (χ4v) is 1.22. The lowest BCUT2D eigenvalue weighted by molar-refractivity contribution is -0.0897. The number of rotatable bonds is 4. The van der Waals surface area contributed by atoms with Crippen LogP contribution in [-0.4, -0.2) is 38.3 Å². The normalized spacial score (nSPS) is 13.0. The van der Waals surface area contributed by atoms with Gasteiger partial charge in [0, 0.05) is 28.2 Å². The third-order valence-corrected chi connectivity index (χ3v) is 1.56. The van der Waals surface area contributed by atoms with Crippen molar-refractivity contribution in [2.75, 3.05) is 28.2 Å². The maximum Gasteiger partial charge on any atom is 0.546 e. The first-order valence-electron chi connectivity index (χ1n) is 2.87. The summed E-state index contributed by atoms with van der Waals surface area (Å²) in [6, 6.07) is 0. The molecule has 0 unspecified atom stereocenters. The third-order valence-electron chi connectivity index (χ3n) is 0.522. The lowest BCUT2D eigenvalue weighted by Gasteiger charge is -2.16. The maximum absolute atomic E-state index is 12.6. The van der Waals surface area contributed by atoms with Crippen LogP contribution in [0.15, 0.2) is 0 Å². The van der Waals surface area contributed by atoms with Crippen molar-refractivity contribution in [3.63, 3.8) is 0 Å². The predicted molar refractivity (Wildman–Crippen MR) is 38.3 cm³/mol. The highest BCUT2D eigenvalue weighted by Crippen LogP contribution is 2.50. The van der Waals surface area contributed by atoms with Crippen molar-refractivity contribution >= 4 is 7.91 Å². The largest absolute Gasteiger partial charge is 0.546 e. The molecule has 0 fully saturated rings. The van der Waals surface area contributed by atoms with Crippen molar-refractivity contribution in [1.82, 2.24) is 10.1 Å². The van der Waals surface area contributed by atoms with Crippen molar-refractivity contribution in [3.05, 3.63) is 0 Å². The van der Waals surface area contributed by atoms with Gasteiger partial charge in [-0.15, -0.1) is 4.20 Å². The highest BCUT2D eigenvalue weighted by molar-refractivity contribution is 7.47. The van der Waals surface area contributed by atoms with Gasteiger partial charge in [-0.25, -0.2) is 4.57 Å². The summed E-state index contributed by atoms with van der Waals surface area (Å²) in [5.74, 6) is 0. The SMILES string of the molecule is CN(C)OP(=O)(F)ON(C)C. The highest BCUT2D eigenvalue weighted by Gasteiger charge is 2.27. The molecule has 0 aliphatic heterocycles. The monoisotopic (exact) mass is 186 g/mol. The molecule has 0 aliphatic carbocycles. The molecule has 11 heavy (non-hydrogen) atoms. The van der Waals surface area contributed by atoms with Gasteiger partial charge < -0.3 is 0 Å². The first-order valence-corrected chi connectivity index (χ1v) is 4.30. The Kier molecular flexibility index (Phi) is 4.13. The summed E-state index contributed by atoms with van der Waals surface area (Å²) in [4.78, 5) is 0. The van der Waals surface area contributed by atoms with Crippen molar-refractivity contribution in [1.29, 1.82) is 0 Å². The van der Waals surface area contributed by atoms with E-state index in [0.717, 1.165) is 10.1 Å². The van der Waals surface area contributed by atoms with E-state index in [0.29, 0.717) is 0 Å². The van der Waals surface area contributed by atoms with Crippen molar-refractivity contribution in [2.24, 2.45) is 0 Å². The molecule has 0 heterocycles. The van der Waals surface area contributed by atoms with Gasteiger partial charge in [-0.05, 0) is 0 Å². The Balaban J connectivity index is 3.91. The second kappa shape index (κ2) is 4.13. The molecule has 0 saturated heterocycles. The van der Waals surface area contributed by atoms with Gasteiger partial charge in [0.1, 0.15) is 0 Å². The van der Waals surface area contributed by atoms with Crippen molar-refractivity contribution in [2.45, 2.75) is 0 Å². The van der Waals surface area contributed by atoms with Gasteiger partial charge in [0.25, 0.3) is 0 Å². The maximum atomic E-state index is 12.6. The van der Waals surface area contributed by atoms with Crippen LogP contribution >= 0.6 is 7.91 Å². The number of hydrogen-bond acceptors (Lipinski definition) is 5. The zero-order valence-electron chi connectivity index (χ0n) is 6.94. The smallest absolute Gasteiger partial charge is 0.220 e. The van der Waals surface area contributed by atoms with E-state index in [9.17, 15) is 8.76 Å². The minimum absolute atomic E-state index is 0.976. The molecular formula is C4H12FN2O3P. The summed E-state index contributed by atoms with van der Waals surface area (Å²) in [6.45, 7) is 0. The van der Waals surface area contributed by atoms with Crippen LogP contribution in [0.25, 0.3) is 0 Å². The average Bonchev–Trinajstić information content (AvgIpc) is 1.53. The minimum Gasteiger partial charge on any atom is -0.220 e. The van der Waals surface area contributed by atoms with Crippen LogP contribution in [0, 0.1) is 0 Å². The van der Waals surface area contributed by atoms with E-state index in [4.69, 9.17) is 0 Å². The van der Waals surface area contributed by atoms with Crippen molar-refractivity contribution in [3.8, 4) is 0 Å². The number of halogens is 1. The standard InChI is InChI=1S/C4H12FN2O3P/c1-6(2)9-11(5,8)10-7(3)4/h1-4H3.